The highest BCUT2D eigenvalue weighted by molar-refractivity contribution is 9.10. The molecule has 0 atom stereocenters. The molecule has 0 heterocycles. The van der Waals surface area contributed by atoms with E-state index in [-0.39, 0.29) is 11.7 Å². The molecule has 0 spiro atoms. The largest absolute Gasteiger partial charge is 0.325 e. The van der Waals surface area contributed by atoms with E-state index in [1.54, 1.807) is 12.1 Å². The Morgan fingerprint density at radius 1 is 1.14 bits per heavy atom. The van der Waals surface area contributed by atoms with Crippen molar-refractivity contribution < 1.29 is 9.18 Å². The second kappa shape index (κ2) is 8.06. The van der Waals surface area contributed by atoms with Gasteiger partial charge >= 0.3 is 0 Å². The number of rotatable bonds is 6. The number of likely N-dealkylation sites (N-methyl/N-ethyl adjacent to an activating group) is 1. The molecule has 0 saturated heterocycles. The van der Waals surface area contributed by atoms with Crippen molar-refractivity contribution in [3.05, 3.63) is 64.4 Å². The van der Waals surface area contributed by atoms with Crippen LogP contribution in [-0.2, 0) is 11.2 Å². The third kappa shape index (κ3) is 5.58. The number of nitrogens with zero attached hydrogens (tertiary/aromatic N) is 1. The van der Waals surface area contributed by atoms with Gasteiger partial charge in [0.1, 0.15) is 5.82 Å². The first-order valence-electron chi connectivity index (χ1n) is 7.01. The second-order valence-corrected chi connectivity index (χ2v) is 6.08. The third-order valence-electron chi connectivity index (χ3n) is 3.24. The van der Waals surface area contributed by atoms with Gasteiger partial charge < -0.3 is 5.32 Å². The molecule has 116 valence electrons. The summed E-state index contributed by atoms with van der Waals surface area (Å²) in [7, 11) is 1.89. The number of anilines is 1. The molecule has 5 heteroatoms. The summed E-state index contributed by atoms with van der Waals surface area (Å²) in [5.41, 5.74) is 1.83. The molecule has 0 saturated carbocycles. The highest BCUT2D eigenvalue weighted by Crippen LogP contribution is 2.14. The molecule has 2 aromatic rings. The number of hydrogen-bond acceptors (Lipinski definition) is 2. The molecule has 3 nitrogen and oxygen atoms in total. The van der Waals surface area contributed by atoms with Crippen molar-refractivity contribution >= 4 is 27.5 Å². The average Bonchev–Trinajstić information content (AvgIpc) is 2.49. The molecular formula is C17H18BrFN2O. The van der Waals surface area contributed by atoms with E-state index < -0.39 is 0 Å². The van der Waals surface area contributed by atoms with Crippen molar-refractivity contribution in [1.82, 2.24) is 4.90 Å². The zero-order chi connectivity index (χ0) is 15.9. The third-order valence-corrected chi connectivity index (χ3v) is 3.77. The quantitative estimate of drug-likeness (QED) is 0.847. The summed E-state index contributed by atoms with van der Waals surface area (Å²) in [4.78, 5) is 13.9. The summed E-state index contributed by atoms with van der Waals surface area (Å²) in [5, 5.41) is 2.85. The van der Waals surface area contributed by atoms with Crippen LogP contribution in [0.15, 0.2) is 53.0 Å². The van der Waals surface area contributed by atoms with Gasteiger partial charge in [-0.15, -0.1) is 0 Å². The average molecular weight is 365 g/mol. The number of nitrogens with one attached hydrogen (secondary N) is 1. The number of halogens is 2. The summed E-state index contributed by atoms with van der Waals surface area (Å²) in [6.45, 7) is 1.05. The standard InChI is InChI=1S/C17H18BrFN2O/c1-21(11-10-13-2-6-15(19)7-3-13)12-17(22)20-16-8-4-14(18)5-9-16/h2-9H,10-12H2,1H3,(H,20,22). The Morgan fingerprint density at radius 3 is 2.41 bits per heavy atom. The Labute approximate surface area is 138 Å². The number of amides is 1. The lowest BCUT2D eigenvalue weighted by molar-refractivity contribution is -0.117. The molecule has 0 bridgehead atoms. The molecule has 2 rings (SSSR count). The monoisotopic (exact) mass is 364 g/mol. The minimum atomic E-state index is -0.231. The number of benzene rings is 2. The molecule has 0 unspecified atom stereocenters. The zero-order valence-corrected chi connectivity index (χ0v) is 13.9. The Hall–Kier alpha value is -1.72. The molecule has 2 aromatic carbocycles. The number of carbonyl (C=O) groups excluding carboxylic acids is 1. The maximum atomic E-state index is 12.8. The van der Waals surface area contributed by atoms with Gasteiger partial charge in [0, 0.05) is 16.7 Å². The predicted molar refractivity (Wildman–Crippen MR) is 90.4 cm³/mol. The van der Waals surface area contributed by atoms with Crippen molar-refractivity contribution in [3.8, 4) is 0 Å². The first kappa shape index (κ1) is 16.6. The van der Waals surface area contributed by atoms with E-state index in [0.29, 0.717) is 6.54 Å². The molecule has 1 N–H and O–H groups in total. The molecule has 0 radical (unpaired) electrons. The normalized spacial score (nSPS) is 10.7. The van der Waals surface area contributed by atoms with Gasteiger partial charge in [-0.3, -0.25) is 9.69 Å². The smallest absolute Gasteiger partial charge is 0.238 e. The van der Waals surface area contributed by atoms with E-state index in [1.807, 2.05) is 36.2 Å². The lowest BCUT2D eigenvalue weighted by Gasteiger charge is -2.16. The Morgan fingerprint density at radius 2 is 1.77 bits per heavy atom. The fourth-order valence-electron chi connectivity index (χ4n) is 2.03. The van der Waals surface area contributed by atoms with Crippen LogP contribution >= 0.6 is 15.9 Å². The molecule has 22 heavy (non-hydrogen) atoms. The molecule has 0 aromatic heterocycles. The number of hydrogen-bond donors (Lipinski definition) is 1. The van der Waals surface area contributed by atoms with E-state index in [2.05, 4.69) is 21.2 Å². The van der Waals surface area contributed by atoms with Crippen LogP contribution in [0.1, 0.15) is 5.56 Å². The Kier molecular flexibility index (Phi) is 6.10. The molecule has 0 aliphatic rings. The van der Waals surface area contributed by atoms with E-state index in [4.69, 9.17) is 0 Å². The molecule has 1 amide bonds. The van der Waals surface area contributed by atoms with E-state index in [1.165, 1.54) is 12.1 Å². The van der Waals surface area contributed by atoms with Crippen LogP contribution in [0.5, 0.6) is 0 Å². The van der Waals surface area contributed by atoms with Crippen LogP contribution in [0.25, 0.3) is 0 Å². The van der Waals surface area contributed by atoms with Crippen molar-refractivity contribution in [3.63, 3.8) is 0 Å². The van der Waals surface area contributed by atoms with Gasteiger partial charge in [-0.1, -0.05) is 28.1 Å². The minimum absolute atomic E-state index is 0.0519. The van der Waals surface area contributed by atoms with Crippen LogP contribution in [-0.4, -0.2) is 30.9 Å². The summed E-state index contributed by atoms with van der Waals surface area (Å²) >= 11 is 3.35. The molecule has 0 aliphatic carbocycles. The topological polar surface area (TPSA) is 32.3 Å². The second-order valence-electron chi connectivity index (χ2n) is 5.17. The Balaban J connectivity index is 1.76. The van der Waals surface area contributed by atoms with Gasteiger partial charge in [-0.2, -0.15) is 0 Å². The molecular weight excluding hydrogens is 347 g/mol. The van der Waals surface area contributed by atoms with Gasteiger partial charge in [-0.05, 0) is 55.4 Å². The van der Waals surface area contributed by atoms with E-state index in [9.17, 15) is 9.18 Å². The lowest BCUT2D eigenvalue weighted by Crippen LogP contribution is -2.31. The van der Waals surface area contributed by atoms with Crippen LogP contribution in [0, 0.1) is 5.82 Å². The van der Waals surface area contributed by atoms with E-state index in [0.717, 1.165) is 28.7 Å². The summed E-state index contributed by atoms with van der Waals surface area (Å²) in [6, 6.07) is 13.9. The maximum absolute atomic E-state index is 12.8. The van der Waals surface area contributed by atoms with Gasteiger partial charge in [0.15, 0.2) is 0 Å². The summed E-state index contributed by atoms with van der Waals surface area (Å²) < 4.78 is 13.8. The SMILES string of the molecule is CN(CCc1ccc(F)cc1)CC(=O)Nc1ccc(Br)cc1. The van der Waals surface area contributed by atoms with Gasteiger partial charge in [0.25, 0.3) is 0 Å². The highest BCUT2D eigenvalue weighted by atomic mass is 79.9. The van der Waals surface area contributed by atoms with Crippen LogP contribution in [0.3, 0.4) is 0 Å². The summed E-state index contributed by atoms with van der Waals surface area (Å²) in [5.74, 6) is -0.282. The highest BCUT2D eigenvalue weighted by Gasteiger charge is 2.07. The van der Waals surface area contributed by atoms with Crippen molar-refractivity contribution in [2.24, 2.45) is 0 Å². The van der Waals surface area contributed by atoms with Crippen LogP contribution < -0.4 is 5.32 Å². The Bertz CT molecular complexity index is 614. The lowest BCUT2D eigenvalue weighted by atomic mass is 10.1. The molecule has 0 aliphatic heterocycles. The fourth-order valence-corrected chi connectivity index (χ4v) is 2.29. The number of carbonyl (C=O) groups is 1. The fraction of sp³-hybridized carbons (Fsp3) is 0.235. The van der Waals surface area contributed by atoms with Crippen molar-refractivity contribution in [2.45, 2.75) is 6.42 Å². The molecule has 0 fully saturated rings. The van der Waals surface area contributed by atoms with E-state index >= 15 is 0 Å². The van der Waals surface area contributed by atoms with Crippen LogP contribution in [0.4, 0.5) is 10.1 Å². The maximum Gasteiger partial charge on any atom is 0.238 e. The van der Waals surface area contributed by atoms with Crippen LogP contribution in [0.2, 0.25) is 0 Å². The van der Waals surface area contributed by atoms with Gasteiger partial charge in [-0.25, -0.2) is 4.39 Å². The van der Waals surface area contributed by atoms with Crippen molar-refractivity contribution in [2.75, 3.05) is 25.5 Å². The predicted octanol–water partition coefficient (Wildman–Crippen LogP) is 3.70. The first-order valence-corrected chi connectivity index (χ1v) is 7.80. The first-order chi connectivity index (χ1) is 10.5. The summed E-state index contributed by atoms with van der Waals surface area (Å²) in [6.07, 6.45) is 0.780. The minimum Gasteiger partial charge on any atom is -0.325 e. The zero-order valence-electron chi connectivity index (χ0n) is 12.4. The van der Waals surface area contributed by atoms with Gasteiger partial charge in [0.2, 0.25) is 5.91 Å². The van der Waals surface area contributed by atoms with Gasteiger partial charge in [0.05, 0.1) is 6.54 Å². The van der Waals surface area contributed by atoms with Crippen molar-refractivity contribution in [1.29, 1.82) is 0 Å².